The first-order valence-corrected chi connectivity index (χ1v) is 12.4. The molecule has 3 rings (SSSR count). The molecule has 1 saturated heterocycles. The lowest BCUT2D eigenvalue weighted by molar-refractivity contribution is 0.461. The zero-order valence-electron chi connectivity index (χ0n) is 14.5. The summed E-state index contributed by atoms with van der Waals surface area (Å²) in [7, 11) is -7.43. The number of sulfone groups is 1. The summed E-state index contributed by atoms with van der Waals surface area (Å²) >= 11 is 3.20. The third-order valence-electron chi connectivity index (χ3n) is 4.20. The summed E-state index contributed by atoms with van der Waals surface area (Å²) in [5.74, 6) is 0.557. The van der Waals surface area contributed by atoms with Crippen molar-refractivity contribution < 1.29 is 16.8 Å². The van der Waals surface area contributed by atoms with Crippen LogP contribution in [0.3, 0.4) is 0 Å². The van der Waals surface area contributed by atoms with E-state index in [0.717, 1.165) is 19.2 Å². The lowest BCUT2D eigenvalue weighted by Gasteiger charge is -2.33. The van der Waals surface area contributed by atoms with Crippen molar-refractivity contribution in [1.29, 1.82) is 0 Å². The summed E-state index contributed by atoms with van der Waals surface area (Å²) in [5, 5.41) is 0. The Morgan fingerprint density at radius 3 is 2.56 bits per heavy atom. The van der Waals surface area contributed by atoms with Crippen LogP contribution in [0.4, 0.5) is 5.95 Å². The number of sulfonamides is 1. The highest BCUT2D eigenvalue weighted by molar-refractivity contribution is 9.10. The molecule has 0 spiro atoms. The number of aromatic nitrogens is 2. The van der Waals surface area contributed by atoms with E-state index in [2.05, 4.69) is 30.6 Å². The van der Waals surface area contributed by atoms with Gasteiger partial charge in [0.2, 0.25) is 16.0 Å². The summed E-state index contributed by atoms with van der Waals surface area (Å²) in [6.45, 7) is 1.18. The van der Waals surface area contributed by atoms with Crippen LogP contribution < -0.4 is 9.62 Å². The standard InChI is InChI=1S/C16H19BrN4O4S2/c1-26(22,23)13-5-6-14(17)15(10-13)27(24,25)20-12-4-2-9-21(11-12)16-18-7-3-8-19-16/h3,5-8,10,12,20H,2,4,9,11H2,1H3. The Kier molecular flexibility index (Phi) is 5.84. The summed E-state index contributed by atoms with van der Waals surface area (Å²) < 4.78 is 52.2. The van der Waals surface area contributed by atoms with Crippen LogP contribution in [-0.4, -0.2) is 52.2 Å². The molecule has 0 radical (unpaired) electrons. The molecule has 1 aliphatic heterocycles. The minimum atomic E-state index is -3.91. The van der Waals surface area contributed by atoms with E-state index < -0.39 is 19.9 Å². The lowest BCUT2D eigenvalue weighted by Crippen LogP contribution is -2.48. The fourth-order valence-electron chi connectivity index (χ4n) is 2.91. The molecule has 0 saturated carbocycles. The van der Waals surface area contributed by atoms with Gasteiger partial charge in [-0.05, 0) is 53.0 Å². The minimum Gasteiger partial charge on any atom is -0.339 e. The first kappa shape index (κ1) is 20.2. The topological polar surface area (TPSA) is 109 Å². The van der Waals surface area contributed by atoms with Crippen LogP contribution in [0, 0.1) is 0 Å². The van der Waals surface area contributed by atoms with E-state index in [4.69, 9.17) is 0 Å². The molecule has 1 aromatic heterocycles. The maximum absolute atomic E-state index is 12.9. The molecular formula is C16H19BrN4O4S2. The second-order valence-electron chi connectivity index (χ2n) is 6.32. The van der Waals surface area contributed by atoms with E-state index >= 15 is 0 Å². The first-order valence-electron chi connectivity index (χ1n) is 8.21. The van der Waals surface area contributed by atoms with Crippen LogP contribution in [0.1, 0.15) is 12.8 Å². The fraction of sp³-hybridized carbons (Fsp3) is 0.375. The van der Waals surface area contributed by atoms with Gasteiger partial charge >= 0.3 is 0 Å². The maximum Gasteiger partial charge on any atom is 0.242 e. The molecule has 1 atom stereocenters. The molecule has 1 aliphatic rings. The molecule has 8 nitrogen and oxygen atoms in total. The van der Waals surface area contributed by atoms with Gasteiger partial charge in [-0.2, -0.15) is 0 Å². The van der Waals surface area contributed by atoms with Crippen LogP contribution in [-0.2, 0) is 19.9 Å². The van der Waals surface area contributed by atoms with Crippen molar-refractivity contribution in [3.05, 3.63) is 41.1 Å². The van der Waals surface area contributed by atoms with Crippen molar-refractivity contribution in [1.82, 2.24) is 14.7 Å². The number of hydrogen-bond donors (Lipinski definition) is 1. The van der Waals surface area contributed by atoms with E-state index in [0.29, 0.717) is 23.4 Å². The zero-order valence-corrected chi connectivity index (χ0v) is 17.8. The van der Waals surface area contributed by atoms with E-state index in [9.17, 15) is 16.8 Å². The summed E-state index contributed by atoms with van der Waals surface area (Å²) in [6, 6.07) is 5.35. The molecule has 27 heavy (non-hydrogen) atoms. The Morgan fingerprint density at radius 1 is 1.19 bits per heavy atom. The van der Waals surface area contributed by atoms with Gasteiger partial charge in [0, 0.05) is 42.3 Å². The normalized spacial score (nSPS) is 18.4. The van der Waals surface area contributed by atoms with Crippen molar-refractivity contribution in [3.8, 4) is 0 Å². The number of benzene rings is 1. The molecule has 1 aromatic carbocycles. The molecule has 1 N–H and O–H groups in total. The molecule has 146 valence electrons. The number of nitrogens with zero attached hydrogens (tertiary/aromatic N) is 3. The van der Waals surface area contributed by atoms with E-state index in [1.807, 2.05) is 4.90 Å². The monoisotopic (exact) mass is 474 g/mol. The Labute approximate surface area is 167 Å². The Hall–Kier alpha value is -1.56. The Balaban J connectivity index is 1.82. The van der Waals surface area contributed by atoms with Gasteiger partial charge in [0.1, 0.15) is 0 Å². The molecule has 11 heteroatoms. The summed E-state index contributed by atoms with van der Waals surface area (Å²) in [5.41, 5.74) is 0. The quantitative estimate of drug-likeness (QED) is 0.700. The molecule has 0 bridgehead atoms. The van der Waals surface area contributed by atoms with Crippen LogP contribution in [0.5, 0.6) is 0 Å². The average Bonchev–Trinajstić information content (AvgIpc) is 2.61. The third kappa shape index (κ3) is 4.84. The Morgan fingerprint density at radius 2 is 1.89 bits per heavy atom. The van der Waals surface area contributed by atoms with Crippen molar-refractivity contribution >= 4 is 41.7 Å². The minimum absolute atomic E-state index is 0.0472. The molecule has 1 fully saturated rings. The van der Waals surface area contributed by atoms with Gasteiger partial charge in [0.15, 0.2) is 9.84 Å². The highest BCUT2D eigenvalue weighted by Crippen LogP contribution is 2.26. The van der Waals surface area contributed by atoms with Gasteiger partial charge in [-0.1, -0.05) is 0 Å². The predicted octanol–water partition coefficient (Wildman–Crippen LogP) is 1.59. The average molecular weight is 475 g/mol. The second kappa shape index (κ2) is 7.82. The number of hydrogen-bond acceptors (Lipinski definition) is 7. The highest BCUT2D eigenvalue weighted by Gasteiger charge is 2.28. The number of anilines is 1. The molecule has 2 heterocycles. The van der Waals surface area contributed by atoms with E-state index in [1.165, 1.54) is 18.2 Å². The molecular weight excluding hydrogens is 456 g/mol. The van der Waals surface area contributed by atoms with Crippen LogP contribution in [0.15, 0.2) is 50.9 Å². The lowest BCUT2D eigenvalue weighted by atomic mass is 10.1. The van der Waals surface area contributed by atoms with Gasteiger partial charge in [-0.15, -0.1) is 0 Å². The molecule has 1 unspecified atom stereocenters. The highest BCUT2D eigenvalue weighted by atomic mass is 79.9. The summed E-state index contributed by atoms with van der Waals surface area (Å²) in [6.07, 6.45) is 5.79. The van der Waals surface area contributed by atoms with Crippen molar-refractivity contribution in [3.63, 3.8) is 0 Å². The number of nitrogens with one attached hydrogen (secondary N) is 1. The van der Waals surface area contributed by atoms with Gasteiger partial charge in [-0.25, -0.2) is 31.5 Å². The number of halogens is 1. The SMILES string of the molecule is CS(=O)(=O)c1ccc(Br)c(S(=O)(=O)NC2CCCN(c3ncccn3)C2)c1. The van der Waals surface area contributed by atoms with Crippen LogP contribution >= 0.6 is 15.9 Å². The maximum atomic E-state index is 12.9. The zero-order chi connectivity index (χ0) is 19.7. The molecule has 0 aliphatic carbocycles. The van der Waals surface area contributed by atoms with Crippen LogP contribution in [0.2, 0.25) is 0 Å². The van der Waals surface area contributed by atoms with Gasteiger partial charge in [0.05, 0.1) is 9.79 Å². The third-order valence-corrected chi connectivity index (χ3v) is 7.82. The van der Waals surface area contributed by atoms with Crippen molar-refractivity contribution in [2.45, 2.75) is 28.7 Å². The summed E-state index contributed by atoms with van der Waals surface area (Å²) in [4.78, 5) is 10.2. The molecule has 2 aromatic rings. The van der Waals surface area contributed by atoms with Crippen molar-refractivity contribution in [2.75, 3.05) is 24.2 Å². The second-order valence-corrected chi connectivity index (χ2v) is 10.9. The predicted molar refractivity (Wildman–Crippen MR) is 105 cm³/mol. The smallest absolute Gasteiger partial charge is 0.242 e. The molecule has 0 amide bonds. The van der Waals surface area contributed by atoms with Crippen LogP contribution in [0.25, 0.3) is 0 Å². The fourth-order valence-corrected chi connectivity index (χ4v) is 5.89. The van der Waals surface area contributed by atoms with Gasteiger partial charge in [0.25, 0.3) is 0 Å². The largest absolute Gasteiger partial charge is 0.339 e. The van der Waals surface area contributed by atoms with E-state index in [-0.39, 0.29) is 15.8 Å². The Bertz CT molecular complexity index is 1030. The first-order chi connectivity index (χ1) is 12.7. The van der Waals surface area contributed by atoms with E-state index in [1.54, 1.807) is 18.5 Å². The van der Waals surface area contributed by atoms with Gasteiger partial charge < -0.3 is 4.90 Å². The van der Waals surface area contributed by atoms with Crippen molar-refractivity contribution in [2.24, 2.45) is 0 Å². The van der Waals surface area contributed by atoms with Gasteiger partial charge in [-0.3, -0.25) is 0 Å². The number of piperidine rings is 1. The number of rotatable bonds is 5.